The smallest absolute Gasteiger partial charge is 0.0390 e. The molecule has 0 saturated heterocycles. The molecular weight excluding hydrogens is 130 g/mol. The van der Waals surface area contributed by atoms with Crippen molar-refractivity contribution >= 4 is 12.6 Å². The summed E-state index contributed by atoms with van der Waals surface area (Å²) in [5, 5.41) is 0. The Bertz CT molecular complexity index is 113. The zero-order valence-electron chi connectivity index (χ0n) is 6.31. The van der Waals surface area contributed by atoms with E-state index in [9.17, 15) is 0 Å². The normalized spacial score (nSPS) is 15.2. The first-order valence-corrected chi connectivity index (χ1v) is 3.44. The Labute approximate surface area is 62.7 Å². The third-order valence-electron chi connectivity index (χ3n) is 1.29. The lowest BCUT2D eigenvalue weighted by atomic mass is 9.98. The third kappa shape index (κ3) is 2.92. The largest absolute Gasteiger partial charge is 0.323 e. The fourth-order valence-corrected chi connectivity index (χ4v) is 0.823. The zero-order chi connectivity index (χ0) is 7.65. The van der Waals surface area contributed by atoms with Crippen molar-refractivity contribution in [1.82, 2.24) is 0 Å². The van der Waals surface area contributed by atoms with E-state index in [0.29, 0.717) is 0 Å². The van der Waals surface area contributed by atoms with Gasteiger partial charge in [0.1, 0.15) is 0 Å². The van der Waals surface area contributed by atoms with Crippen molar-refractivity contribution in [2.45, 2.75) is 31.6 Å². The van der Waals surface area contributed by atoms with Crippen molar-refractivity contribution in [3.63, 3.8) is 0 Å². The molecule has 0 spiro atoms. The summed E-state index contributed by atoms with van der Waals surface area (Å²) in [6.45, 7) is 9.63. The molecule has 0 aromatic carbocycles. The van der Waals surface area contributed by atoms with Crippen LogP contribution in [0.15, 0.2) is 12.2 Å². The summed E-state index contributed by atoms with van der Waals surface area (Å²) in [5.41, 5.74) is 6.70. The van der Waals surface area contributed by atoms with Gasteiger partial charge in [-0.25, -0.2) is 0 Å². The quantitative estimate of drug-likeness (QED) is 0.448. The van der Waals surface area contributed by atoms with E-state index >= 15 is 0 Å². The van der Waals surface area contributed by atoms with Gasteiger partial charge in [-0.3, -0.25) is 0 Å². The minimum absolute atomic E-state index is 0.0131. The molecule has 0 aliphatic heterocycles. The van der Waals surface area contributed by atoms with Crippen LogP contribution in [0.4, 0.5) is 0 Å². The third-order valence-corrected chi connectivity index (χ3v) is 1.57. The molecule has 0 aliphatic rings. The highest BCUT2D eigenvalue weighted by molar-refractivity contribution is 7.81. The van der Waals surface area contributed by atoms with Gasteiger partial charge in [-0.05, 0) is 20.8 Å². The Morgan fingerprint density at radius 1 is 1.67 bits per heavy atom. The first kappa shape index (κ1) is 9.05. The van der Waals surface area contributed by atoms with Crippen LogP contribution in [-0.4, -0.2) is 10.8 Å². The van der Waals surface area contributed by atoms with E-state index in [-0.39, 0.29) is 10.8 Å². The lowest BCUT2D eigenvalue weighted by Crippen LogP contribution is -2.39. The van der Waals surface area contributed by atoms with Crippen LogP contribution in [0.3, 0.4) is 0 Å². The Hall–Kier alpha value is 0.0500. The molecule has 0 aliphatic carbocycles. The molecule has 1 nitrogen and oxygen atoms in total. The van der Waals surface area contributed by atoms with Crippen molar-refractivity contribution in [3.8, 4) is 0 Å². The summed E-state index contributed by atoms with van der Waals surface area (Å²) in [5.74, 6) is 0. The maximum atomic E-state index is 5.72. The predicted molar refractivity (Wildman–Crippen MR) is 45.9 cm³/mol. The first-order valence-electron chi connectivity index (χ1n) is 2.99. The van der Waals surface area contributed by atoms with Gasteiger partial charge in [0.15, 0.2) is 0 Å². The lowest BCUT2D eigenvalue weighted by Gasteiger charge is -2.25. The van der Waals surface area contributed by atoms with Crippen LogP contribution in [-0.2, 0) is 0 Å². The molecule has 2 heteroatoms. The van der Waals surface area contributed by atoms with E-state index in [4.69, 9.17) is 5.73 Å². The first-order chi connectivity index (χ1) is 3.85. The summed E-state index contributed by atoms with van der Waals surface area (Å²) >= 11 is 4.30. The second-order valence-corrected chi connectivity index (χ2v) is 4.13. The molecule has 0 fully saturated rings. The molecule has 2 N–H and O–H groups in total. The molecule has 54 valence electrons. The molecule has 0 radical (unpaired) electrons. The highest BCUT2D eigenvalue weighted by Gasteiger charge is 2.21. The van der Waals surface area contributed by atoms with E-state index in [1.807, 2.05) is 20.8 Å². The molecule has 0 aromatic heterocycles. The van der Waals surface area contributed by atoms with Crippen LogP contribution in [0, 0.1) is 0 Å². The zero-order valence-corrected chi connectivity index (χ0v) is 7.20. The molecule has 1 unspecified atom stereocenters. The second kappa shape index (κ2) is 2.76. The van der Waals surface area contributed by atoms with Crippen LogP contribution in [0.2, 0.25) is 0 Å². The van der Waals surface area contributed by atoms with Gasteiger partial charge >= 0.3 is 0 Å². The van der Waals surface area contributed by atoms with Crippen LogP contribution < -0.4 is 5.73 Å². The van der Waals surface area contributed by atoms with E-state index < -0.39 is 0 Å². The van der Waals surface area contributed by atoms with Gasteiger partial charge in [0.25, 0.3) is 0 Å². The summed E-state index contributed by atoms with van der Waals surface area (Å²) in [6, 6.07) is -0.0131. The minimum Gasteiger partial charge on any atom is -0.323 e. The maximum absolute atomic E-state index is 5.72. The van der Waals surface area contributed by atoms with E-state index in [2.05, 4.69) is 19.2 Å². The lowest BCUT2D eigenvalue weighted by molar-refractivity contribution is 0.604. The van der Waals surface area contributed by atoms with E-state index in [0.717, 1.165) is 5.57 Å². The van der Waals surface area contributed by atoms with Gasteiger partial charge in [-0.2, -0.15) is 12.6 Å². The van der Waals surface area contributed by atoms with Crippen LogP contribution in [0.5, 0.6) is 0 Å². The summed E-state index contributed by atoms with van der Waals surface area (Å²) in [6.07, 6.45) is 0. The molecule has 1 atom stereocenters. The van der Waals surface area contributed by atoms with Crippen molar-refractivity contribution in [3.05, 3.63) is 12.2 Å². The molecular formula is C7H15NS. The number of thiol groups is 1. The Balaban J connectivity index is 4.04. The molecule has 0 saturated carbocycles. The van der Waals surface area contributed by atoms with Crippen molar-refractivity contribution < 1.29 is 0 Å². The second-order valence-electron chi connectivity index (χ2n) is 2.98. The van der Waals surface area contributed by atoms with Crippen molar-refractivity contribution in [2.24, 2.45) is 5.73 Å². The number of hydrogen-bond donors (Lipinski definition) is 2. The van der Waals surface area contributed by atoms with Crippen molar-refractivity contribution in [2.75, 3.05) is 0 Å². The van der Waals surface area contributed by atoms with E-state index in [1.54, 1.807) is 0 Å². The minimum atomic E-state index is -0.147. The topological polar surface area (TPSA) is 26.0 Å². The molecule has 0 rings (SSSR count). The van der Waals surface area contributed by atoms with Gasteiger partial charge in [0.05, 0.1) is 0 Å². The molecule has 0 aromatic rings. The summed E-state index contributed by atoms with van der Waals surface area (Å²) in [7, 11) is 0. The Kier molecular flexibility index (Phi) is 2.77. The average molecular weight is 145 g/mol. The number of nitrogens with two attached hydrogens (primary N) is 1. The van der Waals surface area contributed by atoms with Gasteiger partial charge in [-0.1, -0.05) is 12.2 Å². The van der Waals surface area contributed by atoms with Gasteiger partial charge < -0.3 is 5.73 Å². The average Bonchev–Trinajstić information content (AvgIpc) is 1.62. The van der Waals surface area contributed by atoms with Crippen LogP contribution in [0.1, 0.15) is 20.8 Å². The fraction of sp³-hybridized carbons (Fsp3) is 0.714. The van der Waals surface area contributed by atoms with Crippen LogP contribution >= 0.6 is 12.6 Å². The van der Waals surface area contributed by atoms with E-state index in [1.165, 1.54) is 0 Å². The summed E-state index contributed by atoms with van der Waals surface area (Å²) < 4.78 is -0.147. The molecule has 9 heavy (non-hydrogen) atoms. The monoisotopic (exact) mass is 145 g/mol. The van der Waals surface area contributed by atoms with Crippen molar-refractivity contribution in [1.29, 1.82) is 0 Å². The molecule has 0 amide bonds. The molecule has 0 bridgehead atoms. The molecule has 0 heterocycles. The highest BCUT2D eigenvalue weighted by Crippen LogP contribution is 2.19. The SMILES string of the molecule is C=C(C)C(N)C(C)(C)S. The highest BCUT2D eigenvalue weighted by atomic mass is 32.1. The number of hydrogen-bond acceptors (Lipinski definition) is 2. The van der Waals surface area contributed by atoms with Gasteiger partial charge in [0, 0.05) is 10.8 Å². The maximum Gasteiger partial charge on any atom is 0.0390 e. The Morgan fingerprint density at radius 2 is 2.00 bits per heavy atom. The number of rotatable bonds is 2. The van der Waals surface area contributed by atoms with Crippen LogP contribution in [0.25, 0.3) is 0 Å². The predicted octanol–water partition coefficient (Wildman–Crippen LogP) is 1.60. The standard InChI is InChI=1S/C7H15NS/c1-5(2)6(8)7(3,4)9/h6,9H,1,8H2,2-4H3. The Morgan fingerprint density at radius 3 is 2.00 bits per heavy atom. The van der Waals surface area contributed by atoms with Gasteiger partial charge in [0.2, 0.25) is 0 Å². The van der Waals surface area contributed by atoms with Gasteiger partial charge in [-0.15, -0.1) is 0 Å². The fourth-order valence-electron chi connectivity index (χ4n) is 0.603. The summed E-state index contributed by atoms with van der Waals surface area (Å²) in [4.78, 5) is 0.